The highest BCUT2D eigenvalue weighted by Gasteiger charge is 2.11. The van der Waals surface area contributed by atoms with Crippen LogP contribution in [0.3, 0.4) is 0 Å². The van der Waals surface area contributed by atoms with E-state index in [1.54, 1.807) is 42.5 Å². The Morgan fingerprint density at radius 3 is 2.56 bits per heavy atom. The second-order valence-corrected chi connectivity index (χ2v) is 6.08. The zero-order valence-electron chi connectivity index (χ0n) is 13.9. The Kier molecular flexibility index (Phi) is 6.01. The van der Waals surface area contributed by atoms with Crippen molar-refractivity contribution in [3.63, 3.8) is 0 Å². The molecule has 1 N–H and O–H groups in total. The minimum absolute atomic E-state index is 0.170. The van der Waals surface area contributed by atoms with Gasteiger partial charge in [-0.15, -0.1) is 0 Å². The number of nitrogens with one attached hydrogen (secondary N) is 1. The van der Waals surface area contributed by atoms with Gasteiger partial charge in [-0.25, -0.2) is 15.2 Å². The van der Waals surface area contributed by atoms with Gasteiger partial charge in [0.15, 0.2) is 0 Å². The largest absolute Gasteiger partial charge is 0.423 e. The Bertz CT molecular complexity index is 976. The van der Waals surface area contributed by atoms with E-state index in [0.29, 0.717) is 15.8 Å². The molecule has 7 nitrogen and oxygen atoms in total. The highest BCUT2D eigenvalue weighted by atomic mass is 79.9. The van der Waals surface area contributed by atoms with Crippen molar-refractivity contribution < 1.29 is 14.3 Å². The number of benzene rings is 2. The van der Waals surface area contributed by atoms with Gasteiger partial charge in [0.25, 0.3) is 5.91 Å². The van der Waals surface area contributed by atoms with Gasteiger partial charge in [0.1, 0.15) is 11.4 Å². The Morgan fingerprint density at radius 2 is 1.85 bits per heavy atom. The monoisotopic (exact) mass is 424 g/mol. The number of halogens is 1. The first-order valence-electron chi connectivity index (χ1n) is 7.79. The van der Waals surface area contributed by atoms with Crippen molar-refractivity contribution in [2.45, 2.75) is 0 Å². The molecule has 134 valence electrons. The van der Waals surface area contributed by atoms with Crippen molar-refractivity contribution in [3.05, 3.63) is 88.4 Å². The summed E-state index contributed by atoms with van der Waals surface area (Å²) in [5.41, 5.74) is 3.69. The number of esters is 1. The van der Waals surface area contributed by atoms with Crippen LogP contribution in [0.15, 0.2) is 76.7 Å². The zero-order chi connectivity index (χ0) is 19.1. The van der Waals surface area contributed by atoms with E-state index in [1.165, 1.54) is 24.8 Å². The minimum atomic E-state index is -0.460. The van der Waals surface area contributed by atoms with Gasteiger partial charge >= 0.3 is 5.97 Å². The van der Waals surface area contributed by atoms with Crippen molar-refractivity contribution in [3.8, 4) is 5.75 Å². The fourth-order valence-corrected chi connectivity index (χ4v) is 2.50. The molecule has 3 aromatic rings. The molecule has 0 aliphatic heterocycles. The molecule has 2 aromatic carbocycles. The second kappa shape index (κ2) is 8.81. The van der Waals surface area contributed by atoms with E-state index in [1.807, 2.05) is 6.07 Å². The molecule has 0 saturated heterocycles. The van der Waals surface area contributed by atoms with E-state index >= 15 is 0 Å². The smallest absolute Gasteiger partial charge is 0.344 e. The standard InChI is InChI=1S/C19H13BrN4O3/c20-16-4-2-1-3-15(16)19(26)27-14-7-5-13(6-8-14)11-23-24-18(25)17-12-21-9-10-22-17/h1-12H,(H,24,25)/b23-11-. The van der Waals surface area contributed by atoms with Gasteiger partial charge in [0, 0.05) is 16.9 Å². The van der Waals surface area contributed by atoms with Gasteiger partial charge in [-0.3, -0.25) is 9.78 Å². The molecule has 1 aromatic heterocycles. The number of ether oxygens (including phenoxy) is 1. The fraction of sp³-hybridized carbons (Fsp3) is 0. The molecule has 0 spiro atoms. The summed E-state index contributed by atoms with van der Waals surface area (Å²) in [4.78, 5) is 31.6. The summed E-state index contributed by atoms with van der Waals surface area (Å²) in [7, 11) is 0. The van der Waals surface area contributed by atoms with Crippen LogP contribution in [0.2, 0.25) is 0 Å². The highest BCUT2D eigenvalue weighted by Crippen LogP contribution is 2.19. The average molecular weight is 425 g/mol. The zero-order valence-corrected chi connectivity index (χ0v) is 15.5. The molecule has 0 atom stereocenters. The molecule has 1 heterocycles. The van der Waals surface area contributed by atoms with Crippen LogP contribution < -0.4 is 10.2 Å². The Hall–Kier alpha value is -3.39. The lowest BCUT2D eigenvalue weighted by Crippen LogP contribution is -2.19. The Balaban J connectivity index is 1.58. The van der Waals surface area contributed by atoms with E-state index in [0.717, 1.165) is 5.56 Å². The molecule has 0 aliphatic carbocycles. The lowest BCUT2D eigenvalue weighted by atomic mass is 10.2. The van der Waals surface area contributed by atoms with Gasteiger partial charge in [0.05, 0.1) is 18.0 Å². The summed E-state index contributed by atoms with van der Waals surface area (Å²) in [6, 6.07) is 13.7. The maximum absolute atomic E-state index is 12.2. The van der Waals surface area contributed by atoms with Crippen LogP contribution in [0.4, 0.5) is 0 Å². The van der Waals surface area contributed by atoms with Gasteiger partial charge in [-0.1, -0.05) is 12.1 Å². The van der Waals surface area contributed by atoms with Crippen LogP contribution in [0.25, 0.3) is 0 Å². The molecule has 8 heteroatoms. The van der Waals surface area contributed by atoms with Crippen LogP contribution in [-0.2, 0) is 0 Å². The van der Waals surface area contributed by atoms with E-state index in [9.17, 15) is 9.59 Å². The first-order chi connectivity index (χ1) is 13.1. The van der Waals surface area contributed by atoms with Gasteiger partial charge in [-0.2, -0.15) is 5.10 Å². The maximum Gasteiger partial charge on any atom is 0.344 e. The lowest BCUT2D eigenvalue weighted by Gasteiger charge is -2.06. The first-order valence-corrected chi connectivity index (χ1v) is 8.59. The Morgan fingerprint density at radius 1 is 1.07 bits per heavy atom. The molecule has 3 rings (SSSR count). The van der Waals surface area contributed by atoms with Gasteiger partial charge < -0.3 is 4.74 Å². The SMILES string of the molecule is O=C(N/N=C\c1ccc(OC(=O)c2ccccc2Br)cc1)c1cnccn1. The van der Waals surface area contributed by atoms with Gasteiger partial charge in [-0.05, 0) is 57.9 Å². The van der Waals surface area contributed by atoms with Crippen molar-refractivity contribution >= 4 is 34.0 Å². The van der Waals surface area contributed by atoms with E-state index in [2.05, 4.69) is 36.4 Å². The molecule has 0 radical (unpaired) electrons. The number of aromatic nitrogens is 2. The average Bonchev–Trinajstić information content (AvgIpc) is 2.70. The highest BCUT2D eigenvalue weighted by molar-refractivity contribution is 9.10. The molecule has 0 saturated carbocycles. The topological polar surface area (TPSA) is 93.5 Å². The van der Waals surface area contributed by atoms with Crippen molar-refractivity contribution in [2.75, 3.05) is 0 Å². The number of rotatable bonds is 5. The van der Waals surface area contributed by atoms with Crippen LogP contribution in [0, 0.1) is 0 Å². The normalized spacial score (nSPS) is 10.6. The quantitative estimate of drug-likeness (QED) is 0.293. The van der Waals surface area contributed by atoms with Crippen molar-refractivity contribution in [1.82, 2.24) is 15.4 Å². The van der Waals surface area contributed by atoms with Crippen LogP contribution >= 0.6 is 15.9 Å². The van der Waals surface area contributed by atoms with Crippen LogP contribution in [0.1, 0.15) is 26.4 Å². The molecule has 27 heavy (non-hydrogen) atoms. The number of hydrogen-bond acceptors (Lipinski definition) is 6. The van der Waals surface area contributed by atoms with Crippen LogP contribution in [0.5, 0.6) is 5.75 Å². The number of carbonyl (C=O) groups excluding carboxylic acids is 2. The number of hydrazone groups is 1. The third-order valence-corrected chi connectivity index (χ3v) is 4.05. The first kappa shape index (κ1) is 18.4. The van der Waals surface area contributed by atoms with Crippen molar-refractivity contribution in [1.29, 1.82) is 0 Å². The lowest BCUT2D eigenvalue weighted by molar-refractivity contribution is 0.0733. The minimum Gasteiger partial charge on any atom is -0.423 e. The van der Waals surface area contributed by atoms with Gasteiger partial charge in [0.2, 0.25) is 0 Å². The predicted molar refractivity (Wildman–Crippen MR) is 103 cm³/mol. The second-order valence-electron chi connectivity index (χ2n) is 5.23. The van der Waals surface area contributed by atoms with Crippen LogP contribution in [-0.4, -0.2) is 28.1 Å². The third-order valence-electron chi connectivity index (χ3n) is 3.36. The summed E-state index contributed by atoms with van der Waals surface area (Å²) in [6.45, 7) is 0. The summed E-state index contributed by atoms with van der Waals surface area (Å²) >= 11 is 3.32. The summed E-state index contributed by atoms with van der Waals surface area (Å²) < 4.78 is 6.00. The van der Waals surface area contributed by atoms with E-state index < -0.39 is 11.9 Å². The molecule has 0 fully saturated rings. The van der Waals surface area contributed by atoms with E-state index in [-0.39, 0.29) is 5.69 Å². The predicted octanol–water partition coefficient (Wildman–Crippen LogP) is 3.22. The summed E-state index contributed by atoms with van der Waals surface area (Å²) in [5.74, 6) is -0.519. The fourth-order valence-electron chi connectivity index (χ4n) is 2.05. The number of nitrogens with zero attached hydrogens (tertiary/aromatic N) is 3. The third kappa shape index (κ3) is 5.05. The molecule has 0 unspecified atom stereocenters. The van der Waals surface area contributed by atoms with Crippen molar-refractivity contribution in [2.24, 2.45) is 5.10 Å². The number of hydrogen-bond donors (Lipinski definition) is 1. The molecular weight excluding hydrogens is 412 g/mol. The molecule has 0 aliphatic rings. The number of carbonyl (C=O) groups is 2. The number of amides is 1. The van der Waals surface area contributed by atoms with E-state index in [4.69, 9.17) is 4.74 Å². The molecular formula is C19H13BrN4O3. The summed E-state index contributed by atoms with van der Waals surface area (Å²) in [5, 5.41) is 3.86. The Labute approximate surface area is 163 Å². The molecule has 0 bridgehead atoms. The maximum atomic E-state index is 12.2. The molecule has 1 amide bonds. The summed E-state index contributed by atoms with van der Waals surface area (Å²) in [6.07, 6.45) is 5.71.